The Morgan fingerprint density at radius 3 is 2.87 bits per heavy atom. The molecule has 2 N–H and O–H groups in total. The fourth-order valence-electron chi connectivity index (χ4n) is 3.05. The van der Waals surface area contributed by atoms with E-state index in [1.807, 2.05) is 31.2 Å². The number of anilines is 1. The van der Waals surface area contributed by atoms with E-state index < -0.39 is 6.09 Å². The molecule has 1 saturated heterocycles. The minimum Gasteiger partial charge on any atom is -0.492 e. The molecule has 0 saturated carbocycles. The Hall–Kier alpha value is -3.07. The summed E-state index contributed by atoms with van der Waals surface area (Å²) in [5, 5.41) is 9.97. The summed E-state index contributed by atoms with van der Waals surface area (Å²) >= 11 is 0. The van der Waals surface area contributed by atoms with Crippen molar-refractivity contribution in [1.29, 1.82) is 0 Å². The van der Waals surface area contributed by atoms with Crippen molar-refractivity contribution in [2.24, 2.45) is 0 Å². The van der Waals surface area contributed by atoms with Gasteiger partial charge in [-0.25, -0.2) is 4.79 Å². The highest BCUT2D eigenvalue weighted by molar-refractivity contribution is 5.84. The Morgan fingerprint density at radius 2 is 2.13 bits per heavy atom. The van der Waals surface area contributed by atoms with Gasteiger partial charge in [-0.05, 0) is 38.4 Å². The molecule has 0 bridgehead atoms. The molecule has 2 heterocycles. The van der Waals surface area contributed by atoms with Crippen LogP contribution in [0.5, 0.6) is 5.75 Å². The molecule has 1 aliphatic rings. The predicted molar refractivity (Wildman–Crippen MR) is 113 cm³/mol. The molecule has 1 atom stereocenters. The van der Waals surface area contributed by atoms with Crippen LogP contribution >= 0.6 is 0 Å². The lowest BCUT2D eigenvalue weighted by atomic mass is 10.1. The van der Waals surface area contributed by atoms with Gasteiger partial charge in [0, 0.05) is 19.8 Å². The van der Waals surface area contributed by atoms with Crippen LogP contribution in [-0.2, 0) is 16.1 Å². The number of benzene rings is 1. The van der Waals surface area contributed by atoms with E-state index in [1.54, 1.807) is 18.1 Å². The van der Waals surface area contributed by atoms with Crippen LogP contribution < -0.4 is 15.4 Å². The molecule has 1 aromatic carbocycles. The lowest BCUT2D eigenvalue weighted by Gasteiger charge is -2.22. The molecule has 2 amide bonds. The van der Waals surface area contributed by atoms with Gasteiger partial charge in [0.25, 0.3) is 0 Å². The maximum absolute atomic E-state index is 12.4. The normalized spacial score (nSPS) is 16.0. The van der Waals surface area contributed by atoms with Crippen LogP contribution in [0.15, 0.2) is 36.7 Å². The Bertz CT molecular complexity index is 830. The van der Waals surface area contributed by atoms with Crippen molar-refractivity contribution >= 4 is 17.7 Å². The van der Waals surface area contributed by atoms with Crippen LogP contribution in [0.3, 0.4) is 0 Å². The van der Waals surface area contributed by atoms with Crippen LogP contribution in [-0.4, -0.2) is 66.1 Å². The number of hydrogen-bond donors (Lipinski definition) is 2. The monoisotopic (exact) mass is 415 g/mol. The summed E-state index contributed by atoms with van der Waals surface area (Å²) in [5.41, 5.74) is 1.66. The summed E-state index contributed by atoms with van der Waals surface area (Å²) in [5.74, 6) is 0.674. The zero-order valence-electron chi connectivity index (χ0n) is 17.5. The number of nitrogens with zero attached hydrogens (tertiary/aromatic N) is 3. The average molecular weight is 415 g/mol. The Kier molecular flexibility index (Phi) is 7.67. The molecule has 30 heavy (non-hydrogen) atoms. The first-order chi connectivity index (χ1) is 14.5. The molecule has 9 heteroatoms. The van der Waals surface area contributed by atoms with Crippen molar-refractivity contribution in [3.8, 4) is 5.75 Å². The fraction of sp³-hybridized carbons (Fsp3) is 0.476. The third-order valence-electron chi connectivity index (χ3n) is 4.84. The van der Waals surface area contributed by atoms with Gasteiger partial charge in [0.2, 0.25) is 5.91 Å². The number of nitrogens with one attached hydrogen (secondary N) is 2. The van der Waals surface area contributed by atoms with Gasteiger partial charge in [-0.15, -0.1) is 0 Å². The van der Waals surface area contributed by atoms with Crippen molar-refractivity contribution < 1.29 is 19.1 Å². The van der Waals surface area contributed by atoms with Gasteiger partial charge < -0.3 is 19.7 Å². The van der Waals surface area contributed by atoms with Crippen molar-refractivity contribution in [3.63, 3.8) is 0 Å². The van der Waals surface area contributed by atoms with Crippen molar-refractivity contribution in [3.05, 3.63) is 42.2 Å². The standard InChI is InChI=1S/C21H29N5O4/c1-16-5-7-18(8-6-16)29-11-10-25(2)20(27)15-26-14-17(12-23-26)24-21(28)30-19-4-3-9-22-13-19/h5-8,12,14,19,22H,3-4,9-11,13,15H2,1-2H3,(H,24,28). The van der Waals surface area contributed by atoms with Gasteiger partial charge in [0.05, 0.1) is 18.4 Å². The smallest absolute Gasteiger partial charge is 0.412 e. The van der Waals surface area contributed by atoms with E-state index in [9.17, 15) is 9.59 Å². The first-order valence-electron chi connectivity index (χ1n) is 10.1. The van der Waals surface area contributed by atoms with E-state index in [0.717, 1.165) is 25.1 Å². The molecule has 3 rings (SSSR count). The lowest BCUT2D eigenvalue weighted by Crippen LogP contribution is -2.37. The molecule has 1 aliphatic heterocycles. The number of aryl methyl sites for hydroxylation is 1. The molecule has 1 unspecified atom stereocenters. The van der Waals surface area contributed by atoms with Crippen molar-refractivity contribution in [1.82, 2.24) is 20.0 Å². The zero-order valence-corrected chi connectivity index (χ0v) is 17.5. The van der Waals surface area contributed by atoms with E-state index >= 15 is 0 Å². The number of carbonyl (C=O) groups excluding carboxylic acids is 2. The van der Waals surface area contributed by atoms with Gasteiger partial charge in [-0.1, -0.05) is 17.7 Å². The number of carbonyl (C=O) groups is 2. The Labute approximate surface area is 176 Å². The maximum Gasteiger partial charge on any atom is 0.412 e. The lowest BCUT2D eigenvalue weighted by molar-refractivity contribution is -0.131. The summed E-state index contributed by atoms with van der Waals surface area (Å²) in [6, 6.07) is 7.78. The van der Waals surface area contributed by atoms with Gasteiger partial charge in [0.1, 0.15) is 25.0 Å². The summed E-state index contributed by atoms with van der Waals surface area (Å²) in [7, 11) is 1.72. The van der Waals surface area contributed by atoms with E-state index in [1.165, 1.54) is 16.4 Å². The number of likely N-dealkylation sites (N-methyl/N-ethyl adjacent to an activating group) is 1. The number of piperidine rings is 1. The number of aromatic nitrogens is 2. The Morgan fingerprint density at radius 1 is 1.33 bits per heavy atom. The minimum atomic E-state index is -0.514. The zero-order chi connectivity index (χ0) is 21.3. The molecule has 0 radical (unpaired) electrons. The first-order valence-corrected chi connectivity index (χ1v) is 10.1. The third kappa shape index (κ3) is 6.77. The highest BCUT2D eigenvalue weighted by Crippen LogP contribution is 2.12. The van der Waals surface area contributed by atoms with Crippen LogP contribution in [0.4, 0.5) is 10.5 Å². The largest absolute Gasteiger partial charge is 0.492 e. The second-order valence-corrected chi connectivity index (χ2v) is 7.40. The molecule has 0 aliphatic carbocycles. The quantitative estimate of drug-likeness (QED) is 0.685. The average Bonchev–Trinajstić information content (AvgIpc) is 3.16. The molecule has 2 aromatic rings. The molecule has 0 spiro atoms. The number of rotatable bonds is 8. The highest BCUT2D eigenvalue weighted by Gasteiger charge is 2.18. The van der Waals surface area contributed by atoms with Crippen molar-refractivity contribution in [2.45, 2.75) is 32.4 Å². The first kappa shape index (κ1) is 21.6. The van der Waals surface area contributed by atoms with Crippen molar-refractivity contribution in [2.75, 3.05) is 38.6 Å². The summed E-state index contributed by atoms with van der Waals surface area (Å²) in [6.07, 6.45) is 4.31. The van der Waals surface area contributed by atoms with E-state index in [-0.39, 0.29) is 18.6 Å². The molecule has 9 nitrogen and oxygen atoms in total. The molecule has 162 valence electrons. The number of ether oxygens (including phenoxy) is 2. The topological polar surface area (TPSA) is 97.7 Å². The minimum absolute atomic E-state index is 0.0737. The molecular formula is C21H29N5O4. The van der Waals surface area contributed by atoms with Gasteiger partial charge in [0.15, 0.2) is 0 Å². The van der Waals surface area contributed by atoms with E-state index in [4.69, 9.17) is 9.47 Å². The number of amides is 2. The van der Waals surface area contributed by atoms with E-state index in [2.05, 4.69) is 15.7 Å². The van der Waals surface area contributed by atoms with E-state index in [0.29, 0.717) is 25.4 Å². The van der Waals surface area contributed by atoms with Crippen LogP contribution in [0, 0.1) is 6.92 Å². The third-order valence-corrected chi connectivity index (χ3v) is 4.84. The SMILES string of the molecule is Cc1ccc(OCCN(C)C(=O)Cn2cc(NC(=O)OC3CCCNC3)cn2)cc1. The number of hydrogen-bond acceptors (Lipinski definition) is 6. The van der Waals surface area contributed by atoms with Gasteiger partial charge in [-0.3, -0.25) is 14.8 Å². The summed E-state index contributed by atoms with van der Waals surface area (Å²) < 4.78 is 12.5. The molecule has 1 aromatic heterocycles. The molecule has 1 fully saturated rings. The van der Waals surface area contributed by atoms with Gasteiger partial charge >= 0.3 is 6.09 Å². The van der Waals surface area contributed by atoms with Crippen LogP contribution in [0.2, 0.25) is 0 Å². The summed E-state index contributed by atoms with van der Waals surface area (Å²) in [6.45, 7) is 4.57. The second kappa shape index (κ2) is 10.6. The Balaban J connectivity index is 1.38. The van der Waals surface area contributed by atoms with Gasteiger partial charge in [-0.2, -0.15) is 5.10 Å². The fourth-order valence-corrected chi connectivity index (χ4v) is 3.05. The molecular weight excluding hydrogens is 386 g/mol. The highest BCUT2D eigenvalue weighted by atomic mass is 16.6. The van der Waals surface area contributed by atoms with Crippen LogP contribution in [0.25, 0.3) is 0 Å². The maximum atomic E-state index is 12.4. The van der Waals surface area contributed by atoms with Crippen LogP contribution in [0.1, 0.15) is 18.4 Å². The summed E-state index contributed by atoms with van der Waals surface area (Å²) in [4.78, 5) is 26.0. The second-order valence-electron chi connectivity index (χ2n) is 7.40. The predicted octanol–water partition coefficient (Wildman–Crippen LogP) is 2.03.